The van der Waals surface area contributed by atoms with Crippen molar-refractivity contribution in [1.29, 1.82) is 5.26 Å². The van der Waals surface area contributed by atoms with Crippen LogP contribution in [0.4, 0.5) is 0 Å². The van der Waals surface area contributed by atoms with E-state index in [1.807, 2.05) is 18.2 Å². The second kappa shape index (κ2) is 9.88. The van der Waals surface area contributed by atoms with E-state index in [4.69, 9.17) is 14.2 Å². The lowest BCUT2D eigenvalue weighted by Crippen LogP contribution is -2.26. The molecule has 2 aromatic rings. The Bertz CT molecular complexity index is 915. The van der Waals surface area contributed by atoms with Gasteiger partial charge in [0.1, 0.15) is 11.6 Å². The molecular formula is C21H22N2O5. The van der Waals surface area contributed by atoms with Crippen LogP contribution in [0, 0.1) is 11.3 Å². The van der Waals surface area contributed by atoms with E-state index in [0.717, 1.165) is 5.56 Å². The molecule has 0 radical (unpaired) electrons. The summed E-state index contributed by atoms with van der Waals surface area (Å²) in [5.41, 5.74) is 1.42. The number of hydrogen-bond acceptors (Lipinski definition) is 6. The zero-order valence-corrected chi connectivity index (χ0v) is 16.0. The number of rotatable bonds is 8. The molecule has 2 rings (SSSR count). The van der Waals surface area contributed by atoms with E-state index >= 15 is 0 Å². The topological polar surface area (TPSA) is 101 Å². The quantitative estimate of drug-likeness (QED) is 0.538. The molecule has 28 heavy (non-hydrogen) atoms. The summed E-state index contributed by atoms with van der Waals surface area (Å²) in [7, 11) is 4.57. The normalized spacial score (nSPS) is 10.7. The summed E-state index contributed by atoms with van der Waals surface area (Å²) in [6.07, 6.45) is 1.97. The van der Waals surface area contributed by atoms with Crippen LogP contribution in [0.25, 0.3) is 6.08 Å². The molecule has 0 aromatic heterocycles. The lowest BCUT2D eigenvalue weighted by atomic mass is 10.1. The molecule has 0 aliphatic rings. The summed E-state index contributed by atoms with van der Waals surface area (Å²) >= 11 is 0. The van der Waals surface area contributed by atoms with Crippen LogP contribution in [0.15, 0.2) is 42.0 Å². The van der Waals surface area contributed by atoms with Crippen molar-refractivity contribution >= 4 is 12.0 Å². The van der Waals surface area contributed by atoms with E-state index in [2.05, 4.69) is 5.32 Å². The van der Waals surface area contributed by atoms with Gasteiger partial charge in [-0.15, -0.1) is 0 Å². The van der Waals surface area contributed by atoms with Gasteiger partial charge < -0.3 is 24.6 Å². The van der Waals surface area contributed by atoms with Gasteiger partial charge in [0.05, 0.1) is 21.3 Å². The number of carbonyl (C=O) groups is 1. The van der Waals surface area contributed by atoms with E-state index in [0.29, 0.717) is 35.8 Å². The fourth-order valence-corrected chi connectivity index (χ4v) is 2.56. The van der Waals surface area contributed by atoms with Gasteiger partial charge >= 0.3 is 0 Å². The highest BCUT2D eigenvalue weighted by Crippen LogP contribution is 2.28. The van der Waals surface area contributed by atoms with Gasteiger partial charge in [0, 0.05) is 6.54 Å². The molecule has 1 amide bonds. The van der Waals surface area contributed by atoms with Crippen molar-refractivity contribution in [3.63, 3.8) is 0 Å². The van der Waals surface area contributed by atoms with Crippen LogP contribution >= 0.6 is 0 Å². The molecular weight excluding hydrogens is 360 g/mol. The fourth-order valence-electron chi connectivity index (χ4n) is 2.56. The molecule has 2 aromatic carbocycles. The molecule has 0 saturated carbocycles. The third kappa shape index (κ3) is 5.17. The monoisotopic (exact) mass is 382 g/mol. The van der Waals surface area contributed by atoms with Gasteiger partial charge in [-0.1, -0.05) is 12.1 Å². The van der Waals surface area contributed by atoms with Crippen LogP contribution in [-0.2, 0) is 11.2 Å². The van der Waals surface area contributed by atoms with Crippen LogP contribution in [0.1, 0.15) is 11.1 Å². The minimum Gasteiger partial charge on any atom is -0.504 e. The molecule has 0 fully saturated rings. The molecule has 0 unspecified atom stereocenters. The third-order valence-corrected chi connectivity index (χ3v) is 4.03. The maximum absolute atomic E-state index is 12.3. The van der Waals surface area contributed by atoms with Crippen LogP contribution in [0.3, 0.4) is 0 Å². The lowest BCUT2D eigenvalue weighted by molar-refractivity contribution is -0.117. The van der Waals surface area contributed by atoms with Crippen LogP contribution < -0.4 is 19.5 Å². The minimum absolute atomic E-state index is 0.0584. The van der Waals surface area contributed by atoms with E-state index in [1.165, 1.54) is 19.3 Å². The first-order valence-corrected chi connectivity index (χ1v) is 8.50. The number of nitriles is 1. The average Bonchev–Trinajstić information content (AvgIpc) is 2.71. The van der Waals surface area contributed by atoms with Crippen LogP contribution in [0.2, 0.25) is 0 Å². The first-order chi connectivity index (χ1) is 13.5. The van der Waals surface area contributed by atoms with Gasteiger partial charge in [-0.2, -0.15) is 5.26 Å². The second-order valence-electron chi connectivity index (χ2n) is 5.80. The molecule has 0 spiro atoms. The van der Waals surface area contributed by atoms with Gasteiger partial charge in [0.2, 0.25) is 0 Å². The van der Waals surface area contributed by atoms with Crippen molar-refractivity contribution < 1.29 is 24.1 Å². The predicted octanol–water partition coefficient (Wildman–Crippen LogP) is 2.68. The largest absolute Gasteiger partial charge is 0.504 e. The number of methoxy groups -OCH3 is 3. The predicted molar refractivity (Wildman–Crippen MR) is 105 cm³/mol. The van der Waals surface area contributed by atoms with Gasteiger partial charge in [-0.25, -0.2) is 0 Å². The van der Waals surface area contributed by atoms with Gasteiger partial charge in [0.15, 0.2) is 23.0 Å². The molecule has 0 bridgehead atoms. The molecule has 0 aliphatic carbocycles. The highest BCUT2D eigenvalue weighted by Gasteiger charge is 2.10. The van der Waals surface area contributed by atoms with Crippen molar-refractivity contribution in [2.45, 2.75) is 6.42 Å². The third-order valence-electron chi connectivity index (χ3n) is 4.03. The number of ether oxygens (including phenoxy) is 3. The summed E-state index contributed by atoms with van der Waals surface area (Å²) in [5, 5.41) is 21.8. The SMILES string of the molecule is COc1ccc(C=C(C#N)C(=O)NCCc2ccc(OC)c(OC)c2)cc1O. The highest BCUT2D eigenvalue weighted by atomic mass is 16.5. The number of nitrogens with zero attached hydrogens (tertiary/aromatic N) is 1. The number of nitrogens with one attached hydrogen (secondary N) is 1. The molecule has 2 N–H and O–H groups in total. The molecule has 0 aliphatic heterocycles. The molecule has 7 heteroatoms. The Labute approximate surface area is 163 Å². The lowest BCUT2D eigenvalue weighted by Gasteiger charge is -2.10. The molecule has 0 saturated heterocycles. The van der Waals surface area contributed by atoms with E-state index in [-0.39, 0.29) is 11.3 Å². The van der Waals surface area contributed by atoms with Crippen molar-refractivity contribution in [3.05, 3.63) is 53.1 Å². The van der Waals surface area contributed by atoms with Crippen LogP contribution in [0.5, 0.6) is 23.0 Å². The molecule has 0 atom stereocenters. The summed E-state index contributed by atoms with van der Waals surface area (Å²) in [5.74, 6) is 1.01. The summed E-state index contributed by atoms with van der Waals surface area (Å²) < 4.78 is 15.4. The smallest absolute Gasteiger partial charge is 0.261 e. The van der Waals surface area contributed by atoms with Crippen LogP contribution in [-0.4, -0.2) is 38.9 Å². The summed E-state index contributed by atoms with van der Waals surface area (Å²) in [6, 6.07) is 12.0. The van der Waals surface area contributed by atoms with Gasteiger partial charge in [-0.3, -0.25) is 4.79 Å². The number of benzene rings is 2. The highest BCUT2D eigenvalue weighted by molar-refractivity contribution is 6.01. The zero-order chi connectivity index (χ0) is 20.5. The number of phenolic OH excluding ortho intramolecular Hbond substituents is 1. The maximum Gasteiger partial charge on any atom is 0.261 e. The molecule has 0 heterocycles. The number of phenols is 1. The Hall–Kier alpha value is -3.66. The molecule has 146 valence electrons. The summed E-state index contributed by atoms with van der Waals surface area (Å²) in [6.45, 7) is 0.348. The number of amides is 1. The Morgan fingerprint density at radius 2 is 1.75 bits per heavy atom. The standard InChI is InChI=1S/C21H22N2O5/c1-26-18-6-5-15(11-17(18)24)10-16(13-22)21(25)23-9-8-14-4-7-19(27-2)20(12-14)28-3/h4-7,10-12,24H,8-9H2,1-3H3,(H,23,25). The minimum atomic E-state index is -0.488. The molecule has 7 nitrogen and oxygen atoms in total. The number of aromatic hydroxyl groups is 1. The van der Waals surface area contributed by atoms with Crippen molar-refractivity contribution in [2.75, 3.05) is 27.9 Å². The average molecular weight is 382 g/mol. The van der Waals surface area contributed by atoms with Crippen molar-refractivity contribution in [2.24, 2.45) is 0 Å². The summed E-state index contributed by atoms with van der Waals surface area (Å²) in [4.78, 5) is 12.3. The van der Waals surface area contributed by atoms with E-state index in [1.54, 1.807) is 32.4 Å². The van der Waals surface area contributed by atoms with Crippen molar-refractivity contribution in [1.82, 2.24) is 5.32 Å². The van der Waals surface area contributed by atoms with E-state index in [9.17, 15) is 15.2 Å². The number of hydrogen-bond donors (Lipinski definition) is 2. The first-order valence-electron chi connectivity index (χ1n) is 8.50. The maximum atomic E-state index is 12.3. The Balaban J connectivity index is 2.01. The van der Waals surface area contributed by atoms with Gasteiger partial charge in [0.25, 0.3) is 5.91 Å². The Morgan fingerprint density at radius 3 is 2.36 bits per heavy atom. The number of carbonyl (C=O) groups excluding carboxylic acids is 1. The zero-order valence-electron chi connectivity index (χ0n) is 16.0. The second-order valence-corrected chi connectivity index (χ2v) is 5.80. The Kier molecular flexibility index (Phi) is 7.28. The Morgan fingerprint density at radius 1 is 1.07 bits per heavy atom. The van der Waals surface area contributed by atoms with Gasteiger partial charge in [-0.05, 0) is 47.9 Å². The first kappa shape index (κ1) is 20.6. The van der Waals surface area contributed by atoms with Crippen molar-refractivity contribution in [3.8, 4) is 29.1 Å². The van der Waals surface area contributed by atoms with E-state index < -0.39 is 5.91 Å². The fraction of sp³-hybridized carbons (Fsp3) is 0.238.